The number of hydrogen-bond donors (Lipinski definition) is 2. The normalized spacial score (nSPS) is 19.0. The Kier molecular flexibility index (Phi) is 3.01. The summed E-state index contributed by atoms with van der Waals surface area (Å²) >= 11 is 0. The summed E-state index contributed by atoms with van der Waals surface area (Å²) in [5, 5.41) is 3.02. The van der Waals surface area contributed by atoms with Crippen molar-refractivity contribution in [1.29, 1.82) is 0 Å². The smallest absolute Gasteiger partial charge is 0.234 e. The van der Waals surface area contributed by atoms with Crippen LogP contribution in [-0.4, -0.2) is 5.91 Å². The van der Waals surface area contributed by atoms with Gasteiger partial charge in [0.25, 0.3) is 0 Å². The van der Waals surface area contributed by atoms with Crippen LogP contribution in [0.15, 0.2) is 12.1 Å². The van der Waals surface area contributed by atoms with E-state index in [9.17, 15) is 4.79 Å². The van der Waals surface area contributed by atoms with E-state index in [4.69, 9.17) is 5.73 Å². The molecule has 0 saturated carbocycles. The molecular weight excluding hydrogens is 236 g/mol. The van der Waals surface area contributed by atoms with Crippen molar-refractivity contribution in [3.8, 4) is 0 Å². The van der Waals surface area contributed by atoms with E-state index in [0.717, 1.165) is 22.4 Å². The van der Waals surface area contributed by atoms with Crippen LogP contribution >= 0.6 is 0 Å². The quantitative estimate of drug-likeness (QED) is 0.814. The van der Waals surface area contributed by atoms with Crippen LogP contribution in [0, 0.1) is 12.3 Å². The Morgan fingerprint density at radius 2 is 1.84 bits per heavy atom. The van der Waals surface area contributed by atoms with Gasteiger partial charge in [-0.2, -0.15) is 0 Å². The van der Waals surface area contributed by atoms with Gasteiger partial charge in [-0.05, 0) is 37.3 Å². The van der Waals surface area contributed by atoms with Crippen molar-refractivity contribution >= 4 is 11.6 Å². The molecular formula is C16H24N2O. The molecule has 1 aliphatic heterocycles. The number of rotatable bonds is 1. The fraction of sp³-hybridized carbons (Fsp3) is 0.562. The molecule has 19 heavy (non-hydrogen) atoms. The number of nitrogens with one attached hydrogen (secondary N) is 1. The maximum atomic E-state index is 12.1. The second-order valence-electron chi connectivity index (χ2n) is 7.20. The molecule has 1 atom stereocenters. The maximum absolute atomic E-state index is 12.1. The van der Waals surface area contributed by atoms with Gasteiger partial charge in [0.2, 0.25) is 5.91 Å². The van der Waals surface area contributed by atoms with Gasteiger partial charge in [0.05, 0.1) is 5.41 Å². The van der Waals surface area contributed by atoms with Gasteiger partial charge in [0.15, 0.2) is 0 Å². The standard InChI is InChI=1S/C16H24N2O/c1-9-7-10(13(17)15(2,3)4)12-11(8-9)16(5,6)14(19)18-12/h7-8,13H,17H2,1-6H3,(H,18,19). The third kappa shape index (κ3) is 2.16. The zero-order valence-corrected chi connectivity index (χ0v) is 12.7. The molecule has 1 aromatic rings. The summed E-state index contributed by atoms with van der Waals surface area (Å²) in [6, 6.07) is 4.08. The van der Waals surface area contributed by atoms with Crippen LogP contribution in [0.4, 0.5) is 5.69 Å². The molecule has 3 nitrogen and oxygen atoms in total. The number of carbonyl (C=O) groups is 1. The van der Waals surface area contributed by atoms with Gasteiger partial charge < -0.3 is 11.1 Å². The highest BCUT2D eigenvalue weighted by Crippen LogP contribution is 2.44. The lowest BCUT2D eigenvalue weighted by Crippen LogP contribution is -2.27. The zero-order chi connectivity index (χ0) is 14.6. The predicted molar refractivity (Wildman–Crippen MR) is 79.2 cm³/mol. The van der Waals surface area contributed by atoms with E-state index in [-0.39, 0.29) is 17.4 Å². The SMILES string of the molecule is Cc1cc(C(N)C(C)(C)C)c2c(c1)C(C)(C)C(=O)N2. The number of aryl methyl sites for hydroxylation is 1. The molecule has 0 aromatic heterocycles. The van der Waals surface area contributed by atoms with Crippen LogP contribution in [0.2, 0.25) is 0 Å². The van der Waals surface area contributed by atoms with Crippen LogP contribution in [0.5, 0.6) is 0 Å². The minimum absolute atomic E-state index is 0.0426. The van der Waals surface area contributed by atoms with Gasteiger partial charge in [-0.3, -0.25) is 4.79 Å². The van der Waals surface area contributed by atoms with Crippen LogP contribution in [0.1, 0.15) is 57.4 Å². The number of carbonyl (C=O) groups excluding carboxylic acids is 1. The average Bonchev–Trinajstić information content (AvgIpc) is 2.48. The first kappa shape index (κ1) is 14.1. The predicted octanol–water partition coefficient (Wildman–Crippen LogP) is 3.27. The molecule has 1 aromatic carbocycles. The monoisotopic (exact) mass is 260 g/mol. The Hall–Kier alpha value is -1.35. The maximum Gasteiger partial charge on any atom is 0.234 e. The van der Waals surface area contributed by atoms with E-state index in [2.05, 4.69) is 45.1 Å². The highest BCUT2D eigenvalue weighted by Gasteiger charge is 2.41. The number of hydrogen-bond acceptors (Lipinski definition) is 2. The van der Waals surface area contributed by atoms with Crippen molar-refractivity contribution in [1.82, 2.24) is 0 Å². The molecule has 3 heteroatoms. The fourth-order valence-corrected chi connectivity index (χ4v) is 2.55. The Labute approximate surface area is 115 Å². The van der Waals surface area contributed by atoms with Crippen LogP contribution in [0.3, 0.4) is 0 Å². The first-order chi connectivity index (χ1) is 8.55. The minimum atomic E-state index is -0.478. The Balaban J connectivity index is 2.65. The van der Waals surface area contributed by atoms with Gasteiger partial charge in [0.1, 0.15) is 0 Å². The molecule has 1 heterocycles. The van der Waals surface area contributed by atoms with E-state index in [1.54, 1.807) is 0 Å². The highest BCUT2D eigenvalue weighted by molar-refractivity contribution is 6.06. The zero-order valence-electron chi connectivity index (χ0n) is 12.7. The van der Waals surface area contributed by atoms with Gasteiger partial charge in [-0.25, -0.2) is 0 Å². The van der Waals surface area contributed by atoms with E-state index >= 15 is 0 Å². The first-order valence-electron chi connectivity index (χ1n) is 6.77. The van der Waals surface area contributed by atoms with Crippen molar-refractivity contribution < 1.29 is 4.79 Å². The molecule has 0 aliphatic carbocycles. The van der Waals surface area contributed by atoms with Crippen molar-refractivity contribution in [3.63, 3.8) is 0 Å². The summed E-state index contributed by atoms with van der Waals surface area (Å²) in [7, 11) is 0. The van der Waals surface area contributed by atoms with Crippen molar-refractivity contribution in [3.05, 3.63) is 28.8 Å². The third-order valence-electron chi connectivity index (χ3n) is 4.06. The molecule has 0 bridgehead atoms. The number of amides is 1. The van der Waals surface area contributed by atoms with E-state index < -0.39 is 5.41 Å². The molecule has 2 rings (SSSR count). The molecule has 1 unspecified atom stereocenters. The number of fused-ring (bicyclic) bond motifs is 1. The molecule has 104 valence electrons. The highest BCUT2D eigenvalue weighted by atomic mass is 16.2. The van der Waals surface area contributed by atoms with Crippen LogP contribution in [-0.2, 0) is 10.2 Å². The van der Waals surface area contributed by atoms with E-state index in [0.29, 0.717) is 0 Å². The minimum Gasteiger partial charge on any atom is -0.325 e. The van der Waals surface area contributed by atoms with E-state index in [1.807, 2.05) is 13.8 Å². The molecule has 0 saturated heterocycles. The summed E-state index contributed by atoms with van der Waals surface area (Å²) in [6.07, 6.45) is 0. The number of benzene rings is 1. The molecule has 1 aliphatic rings. The van der Waals surface area contributed by atoms with Gasteiger partial charge in [-0.15, -0.1) is 0 Å². The summed E-state index contributed by atoms with van der Waals surface area (Å²) in [4.78, 5) is 12.1. The van der Waals surface area contributed by atoms with Crippen LogP contribution < -0.4 is 11.1 Å². The summed E-state index contributed by atoms with van der Waals surface area (Å²) < 4.78 is 0. The topological polar surface area (TPSA) is 55.1 Å². The molecule has 0 radical (unpaired) electrons. The van der Waals surface area contributed by atoms with Crippen LogP contribution in [0.25, 0.3) is 0 Å². The second kappa shape index (κ2) is 4.07. The van der Waals surface area contributed by atoms with Gasteiger partial charge in [0, 0.05) is 11.7 Å². The lowest BCUT2D eigenvalue weighted by molar-refractivity contribution is -0.119. The first-order valence-corrected chi connectivity index (χ1v) is 6.77. The number of anilines is 1. The Morgan fingerprint density at radius 1 is 1.26 bits per heavy atom. The largest absolute Gasteiger partial charge is 0.325 e. The summed E-state index contributed by atoms with van der Waals surface area (Å²) in [5.74, 6) is 0.0514. The average molecular weight is 260 g/mol. The number of nitrogens with two attached hydrogens (primary N) is 1. The Bertz CT molecular complexity index is 538. The van der Waals surface area contributed by atoms with Gasteiger partial charge >= 0.3 is 0 Å². The molecule has 0 fully saturated rings. The lowest BCUT2D eigenvalue weighted by atomic mass is 9.79. The third-order valence-corrected chi connectivity index (χ3v) is 4.06. The Morgan fingerprint density at radius 3 is 2.37 bits per heavy atom. The summed E-state index contributed by atoms with van der Waals surface area (Å²) in [5.41, 5.74) is 10.1. The molecule has 0 spiro atoms. The molecule has 3 N–H and O–H groups in total. The van der Waals surface area contributed by atoms with Crippen molar-refractivity contribution in [2.75, 3.05) is 5.32 Å². The molecule has 1 amide bonds. The van der Waals surface area contributed by atoms with Crippen molar-refractivity contribution in [2.45, 2.75) is 53.0 Å². The second-order valence-corrected chi connectivity index (χ2v) is 7.20. The van der Waals surface area contributed by atoms with Crippen molar-refractivity contribution in [2.24, 2.45) is 11.1 Å². The fourth-order valence-electron chi connectivity index (χ4n) is 2.55. The van der Waals surface area contributed by atoms with E-state index in [1.165, 1.54) is 0 Å². The summed E-state index contributed by atoms with van der Waals surface area (Å²) in [6.45, 7) is 12.3. The lowest BCUT2D eigenvalue weighted by Gasteiger charge is -2.29. The van der Waals surface area contributed by atoms with Gasteiger partial charge in [-0.1, -0.05) is 38.5 Å².